The predicted octanol–water partition coefficient (Wildman–Crippen LogP) is 5.36. The molecule has 1 aliphatic heterocycles. The highest BCUT2D eigenvalue weighted by Gasteiger charge is 2.63. The molecule has 4 nitrogen and oxygen atoms in total. The summed E-state index contributed by atoms with van der Waals surface area (Å²) in [6, 6.07) is 0. The van der Waals surface area contributed by atoms with Gasteiger partial charge in [-0.3, -0.25) is 0 Å². The molecule has 4 aliphatic carbocycles. The minimum atomic E-state index is -0.549. The van der Waals surface area contributed by atoms with Crippen molar-refractivity contribution < 1.29 is 19.7 Å². The molecule has 5 aliphatic rings. The summed E-state index contributed by atoms with van der Waals surface area (Å²) in [4.78, 5) is 0. The molecule has 176 valence electrons. The molecule has 0 amide bonds. The second kappa shape index (κ2) is 8.42. The van der Waals surface area contributed by atoms with Crippen LogP contribution >= 0.6 is 0 Å². The van der Waals surface area contributed by atoms with E-state index in [1.54, 1.807) is 0 Å². The number of hydrogen-bond acceptors (Lipinski definition) is 4. The molecule has 1 heterocycles. The van der Waals surface area contributed by atoms with E-state index in [1.165, 1.54) is 24.8 Å². The van der Waals surface area contributed by atoms with E-state index in [1.807, 2.05) is 0 Å². The Morgan fingerprint density at radius 1 is 1.06 bits per heavy atom. The highest BCUT2D eigenvalue weighted by Crippen LogP contribution is 2.67. The van der Waals surface area contributed by atoms with Gasteiger partial charge in [0, 0.05) is 13.2 Å². The van der Waals surface area contributed by atoms with Crippen LogP contribution in [0.15, 0.2) is 11.6 Å². The van der Waals surface area contributed by atoms with Crippen molar-refractivity contribution in [2.75, 3.05) is 13.2 Å². The minimum absolute atomic E-state index is 0.0243. The lowest BCUT2D eigenvalue weighted by atomic mass is 9.47. The zero-order chi connectivity index (χ0) is 21.7. The van der Waals surface area contributed by atoms with E-state index in [2.05, 4.69) is 19.9 Å². The van der Waals surface area contributed by atoms with Crippen LogP contribution in [0.3, 0.4) is 0 Å². The van der Waals surface area contributed by atoms with E-state index in [9.17, 15) is 10.2 Å². The average molecular weight is 433 g/mol. The highest BCUT2D eigenvalue weighted by atomic mass is 16.7. The van der Waals surface area contributed by atoms with Gasteiger partial charge in [0.1, 0.15) is 0 Å². The van der Waals surface area contributed by atoms with E-state index in [-0.39, 0.29) is 23.2 Å². The molecule has 0 aromatic carbocycles. The summed E-state index contributed by atoms with van der Waals surface area (Å²) in [5, 5.41) is 22.1. The van der Waals surface area contributed by atoms with Crippen LogP contribution in [0, 0.1) is 28.6 Å². The molecule has 0 radical (unpaired) electrons. The zero-order valence-corrected chi connectivity index (χ0v) is 19.8. The maximum absolute atomic E-state index is 11.9. The first-order valence-electron chi connectivity index (χ1n) is 13.2. The molecule has 0 bridgehead atoms. The number of fused-ring (bicyclic) bond motifs is 5. The van der Waals surface area contributed by atoms with Crippen molar-refractivity contribution in [3.05, 3.63) is 11.6 Å². The number of rotatable bonds is 5. The first-order chi connectivity index (χ1) is 14.9. The number of hydrogen-bond donors (Lipinski definition) is 2. The molecular weight excluding hydrogens is 388 g/mol. The number of aliphatic hydroxyl groups excluding tert-OH is 1. The Labute approximate surface area is 188 Å². The quantitative estimate of drug-likeness (QED) is 0.453. The third kappa shape index (κ3) is 3.74. The summed E-state index contributed by atoms with van der Waals surface area (Å²) in [6.45, 7) is 6.41. The summed E-state index contributed by atoms with van der Waals surface area (Å²) in [5.74, 6) is 2.05. The lowest BCUT2D eigenvalue weighted by Gasteiger charge is -2.59. The first-order valence-corrected chi connectivity index (χ1v) is 13.2. The van der Waals surface area contributed by atoms with E-state index in [4.69, 9.17) is 9.47 Å². The molecule has 31 heavy (non-hydrogen) atoms. The van der Waals surface area contributed by atoms with Crippen LogP contribution in [-0.4, -0.2) is 41.4 Å². The largest absolute Gasteiger partial charge is 0.393 e. The Kier molecular flexibility index (Phi) is 6.07. The summed E-state index contributed by atoms with van der Waals surface area (Å²) in [7, 11) is 0. The Bertz CT molecular complexity index is 685. The van der Waals surface area contributed by atoms with Gasteiger partial charge in [0.15, 0.2) is 6.29 Å². The standard InChI is InChI=1S/C27H44O4/c1-25-13-9-20(28)18-19(25)7-8-21-22(25)10-14-26(2)23(21)11-15-27(26,29)12-5-17-31-24-6-3-4-16-30-24/h7,20-24,28-29H,3-6,8-18H2,1-2H3/t20-,21+,22-,23-,24?,25-,26-,27-/m0/s1. The van der Waals surface area contributed by atoms with Gasteiger partial charge in [-0.2, -0.15) is 0 Å². The molecule has 1 saturated heterocycles. The minimum Gasteiger partial charge on any atom is -0.393 e. The van der Waals surface area contributed by atoms with Crippen molar-refractivity contribution in [3.63, 3.8) is 0 Å². The summed E-state index contributed by atoms with van der Waals surface area (Å²) in [6.07, 6.45) is 16.1. The van der Waals surface area contributed by atoms with Crippen molar-refractivity contribution in [2.45, 2.75) is 115 Å². The Morgan fingerprint density at radius 3 is 2.71 bits per heavy atom. The third-order valence-electron chi connectivity index (χ3n) is 10.6. The van der Waals surface area contributed by atoms with Crippen molar-refractivity contribution in [3.8, 4) is 0 Å². The lowest BCUT2D eigenvalue weighted by Crippen LogP contribution is -2.54. The van der Waals surface area contributed by atoms with Crippen LogP contribution < -0.4 is 0 Å². The van der Waals surface area contributed by atoms with E-state index >= 15 is 0 Å². The Hall–Kier alpha value is -0.420. The maximum Gasteiger partial charge on any atom is 0.157 e. The average Bonchev–Trinajstić information content (AvgIpc) is 3.04. The van der Waals surface area contributed by atoms with Crippen LogP contribution in [-0.2, 0) is 9.47 Å². The van der Waals surface area contributed by atoms with Crippen LogP contribution in [0.25, 0.3) is 0 Å². The normalized spacial score (nSPS) is 49.7. The van der Waals surface area contributed by atoms with Gasteiger partial charge in [0.05, 0.1) is 11.7 Å². The van der Waals surface area contributed by atoms with Crippen molar-refractivity contribution in [1.29, 1.82) is 0 Å². The SMILES string of the molecule is C[C@]12CC[C@H](O)CC1=CC[C@@H]1[C@@H]2CC[C@@]2(C)[C@H]1CC[C@@]2(O)CCCOC1CCCCO1. The smallest absolute Gasteiger partial charge is 0.157 e. The van der Waals surface area contributed by atoms with Gasteiger partial charge in [-0.25, -0.2) is 0 Å². The fourth-order valence-corrected chi connectivity index (χ4v) is 8.58. The second-order valence-electron chi connectivity index (χ2n) is 12.0. The number of allylic oxidation sites excluding steroid dienone is 1. The monoisotopic (exact) mass is 432 g/mol. The second-order valence-corrected chi connectivity index (χ2v) is 12.0. The highest BCUT2D eigenvalue weighted by molar-refractivity contribution is 5.26. The van der Waals surface area contributed by atoms with Crippen LogP contribution in [0.1, 0.15) is 97.3 Å². The van der Waals surface area contributed by atoms with Crippen molar-refractivity contribution in [2.24, 2.45) is 28.6 Å². The van der Waals surface area contributed by atoms with Gasteiger partial charge in [0.2, 0.25) is 0 Å². The van der Waals surface area contributed by atoms with Crippen LogP contribution in [0.5, 0.6) is 0 Å². The fourth-order valence-electron chi connectivity index (χ4n) is 8.58. The predicted molar refractivity (Wildman–Crippen MR) is 121 cm³/mol. The maximum atomic E-state index is 11.9. The summed E-state index contributed by atoms with van der Waals surface area (Å²) >= 11 is 0. The third-order valence-corrected chi connectivity index (χ3v) is 10.6. The molecule has 0 spiro atoms. The molecule has 5 rings (SSSR count). The molecule has 2 N–H and O–H groups in total. The summed E-state index contributed by atoms with van der Waals surface area (Å²) < 4.78 is 11.7. The van der Waals surface area contributed by atoms with E-state index in [0.717, 1.165) is 76.7 Å². The molecule has 0 aromatic rings. The van der Waals surface area contributed by atoms with Crippen molar-refractivity contribution in [1.82, 2.24) is 0 Å². The van der Waals surface area contributed by atoms with Crippen LogP contribution in [0.2, 0.25) is 0 Å². The molecular formula is C27H44O4. The van der Waals surface area contributed by atoms with Gasteiger partial charge < -0.3 is 19.7 Å². The van der Waals surface area contributed by atoms with E-state index in [0.29, 0.717) is 18.4 Å². The summed E-state index contributed by atoms with van der Waals surface area (Å²) in [5.41, 5.74) is 1.29. The van der Waals surface area contributed by atoms with Gasteiger partial charge in [-0.05, 0) is 112 Å². The van der Waals surface area contributed by atoms with Gasteiger partial charge in [-0.15, -0.1) is 0 Å². The fraction of sp³-hybridized carbons (Fsp3) is 0.926. The first kappa shape index (κ1) is 22.4. The lowest BCUT2D eigenvalue weighted by molar-refractivity contribution is -0.168. The van der Waals surface area contributed by atoms with Crippen molar-refractivity contribution >= 4 is 0 Å². The van der Waals surface area contributed by atoms with Gasteiger partial charge >= 0.3 is 0 Å². The Balaban J connectivity index is 1.24. The molecule has 0 aromatic heterocycles. The topological polar surface area (TPSA) is 58.9 Å². The van der Waals surface area contributed by atoms with Gasteiger partial charge in [-0.1, -0.05) is 25.5 Å². The number of ether oxygens (including phenoxy) is 2. The van der Waals surface area contributed by atoms with Gasteiger partial charge in [0.25, 0.3) is 0 Å². The molecule has 1 unspecified atom stereocenters. The molecule has 4 fully saturated rings. The number of aliphatic hydroxyl groups is 2. The molecule has 8 atom stereocenters. The molecule has 3 saturated carbocycles. The zero-order valence-electron chi connectivity index (χ0n) is 19.8. The van der Waals surface area contributed by atoms with E-state index < -0.39 is 5.60 Å². The van der Waals surface area contributed by atoms with Crippen LogP contribution in [0.4, 0.5) is 0 Å². The molecule has 4 heteroatoms. The Morgan fingerprint density at radius 2 is 1.90 bits per heavy atom.